The molecule has 8 heteroatoms. The van der Waals surface area contributed by atoms with Crippen LogP contribution in [0.5, 0.6) is 0 Å². The fourth-order valence-corrected chi connectivity index (χ4v) is 2.77. The number of amides is 3. The van der Waals surface area contributed by atoms with Gasteiger partial charge in [-0.3, -0.25) is 15.2 Å². The van der Waals surface area contributed by atoms with Gasteiger partial charge in [-0.1, -0.05) is 43.0 Å². The van der Waals surface area contributed by atoms with E-state index in [9.17, 15) is 9.59 Å². The summed E-state index contributed by atoms with van der Waals surface area (Å²) in [5.41, 5.74) is 2.19. The Labute approximate surface area is 151 Å². The van der Waals surface area contributed by atoms with Crippen LogP contribution in [0.25, 0.3) is 11.4 Å². The number of hydrogen-bond acceptors (Lipinski definition) is 5. The number of H-pyrrole nitrogens is 1. The third-order valence-electron chi connectivity index (χ3n) is 3.41. The predicted molar refractivity (Wildman–Crippen MR) is 98.3 cm³/mol. The van der Waals surface area contributed by atoms with Gasteiger partial charge in [-0.15, -0.1) is 5.10 Å². The molecule has 1 atom stereocenters. The Kier molecular flexibility index (Phi) is 6.58. The summed E-state index contributed by atoms with van der Waals surface area (Å²) < 4.78 is 0. The van der Waals surface area contributed by atoms with Gasteiger partial charge in [0.15, 0.2) is 5.82 Å². The molecule has 3 N–H and O–H groups in total. The molecule has 7 nitrogen and oxygen atoms in total. The van der Waals surface area contributed by atoms with Crippen LogP contribution in [-0.4, -0.2) is 38.4 Å². The number of aromatic nitrogens is 3. The van der Waals surface area contributed by atoms with E-state index in [1.54, 1.807) is 6.92 Å². The number of imide groups is 1. The van der Waals surface area contributed by atoms with Gasteiger partial charge in [0.25, 0.3) is 0 Å². The first-order valence-corrected chi connectivity index (χ1v) is 9.06. The molecule has 0 aliphatic heterocycles. The number of thioether (sulfide) groups is 1. The summed E-state index contributed by atoms with van der Waals surface area (Å²) in [4.78, 5) is 28.0. The van der Waals surface area contributed by atoms with Crippen LogP contribution in [0.15, 0.2) is 29.4 Å². The second kappa shape index (κ2) is 8.66. The maximum Gasteiger partial charge on any atom is 0.321 e. The lowest BCUT2D eigenvalue weighted by Crippen LogP contribution is -2.45. The predicted octanol–water partition coefficient (Wildman–Crippen LogP) is 2.75. The van der Waals surface area contributed by atoms with E-state index in [1.807, 2.05) is 38.1 Å². The van der Waals surface area contributed by atoms with Crippen molar-refractivity contribution in [3.63, 3.8) is 0 Å². The van der Waals surface area contributed by atoms with Gasteiger partial charge in [0.2, 0.25) is 11.1 Å². The van der Waals surface area contributed by atoms with Gasteiger partial charge >= 0.3 is 6.03 Å². The second-order valence-electron chi connectivity index (χ2n) is 5.89. The van der Waals surface area contributed by atoms with Crippen molar-refractivity contribution in [3.05, 3.63) is 29.8 Å². The summed E-state index contributed by atoms with van der Waals surface area (Å²) in [7, 11) is 0. The van der Waals surface area contributed by atoms with Crippen LogP contribution in [0, 0.1) is 0 Å². The number of rotatable bonds is 6. The molecule has 0 aliphatic rings. The van der Waals surface area contributed by atoms with Crippen molar-refractivity contribution >= 4 is 23.7 Å². The summed E-state index contributed by atoms with van der Waals surface area (Å²) in [6.45, 7) is 7.45. The lowest BCUT2D eigenvalue weighted by molar-refractivity contribution is -0.119. The molecule has 0 aliphatic carbocycles. The summed E-state index contributed by atoms with van der Waals surface area (Å²) in [5, 5.41) is 11.9. The number of nitrogens with one attached hydrogen (secondary N) is 3. The topological polar surface area (TPSA) is 99.8 Å². The van der Waals surface area contributed by atoms with E-state index in [0.717, 1.165) is 12.0 Å². The number of nitrogens with zero attached hydrogens (tertiary/aromatic N) is 2. The average molecular weight is 361 g/mol. The molecule has 134 valence electrons. The minimum atomic E-state index is -0.501. The van der Waals surface area contributed by atoms with E-state index < -0.39 is 11.3 Å². The van der Waals surface area contributed by atoms with Crippen molar-refractivity contribution in [2.45, 2.75) is 50.6 Å². The number of carbonyl (C=O) groups is 2. The Bertz CT molecular complexity index is 727. The first-order chi connectivity index (χ1) is 11.9. The first kappa shape index (κ1) is 19.0. The van der Waals surface area contributed by atoms with Crippen LogP contribution in [0.1, 0.15) is 33.3 Å². The van der Waals surface area contributed by atoms with Crippen molar-refractivity contribution in [3.8, 4) is 11.4 Å². The molecule has 0 spiro atoms. The van der Waals surface area contributed by atoms with E-state index in [1.165, 1.54) is 17.3 Å². The van der Waals surface area contributed by atoms with Crippen molar-refractivity contribution in [2.75, 3.05) is 0 Å². The number of aryl methyl sites for hydroxylation is 1. The van der Waals surface area contributed by atoms with E-state index in [4.69, 9.17) is 0 Å². The van der Waals surface area contributed by atoms with E-state index >= 15 is 0 Å². The third-order valence-corrected chi connectivity index (χ3v) is 4.37. The van der Waals surface area contributed by atoms with Crippen LogP contribution < -0.4 is 10.6 Å². The second-order valence-corrected chi connectivity index (χ2v) is 7.20. The molecule has 3 amide bonds. The van der Waals surface area contributed by atoms with Gasteiger partial charge in [0.1, 0.15) is 0 Å². The third kappa shape index (κ3) is 5.60. The lowest BCUT2D eigenvalue weighted by Gasteiger charge is -2.11. The smallest absolute Gasteiger partial charge is 0.321 e. The largest absolute Gasteiger partial charge is 0.336 e. The number of benzene rings is 1. The van der Waals surface area contributed by atoms with Crippen LogP contribution >= 0.6 is 11.8 Å². The van der Waals surface area contributed by atoms with Crippen molar-refractivity contribution in [1.29, 1.82) is 0 Å². The molecule has 2 rings (SSSR count). The van der Waals surface area contributed by atoms with Gasteiger partial charge in [0.05, 0.1) is 5.25 Å². The molecule has 2 aromatic rings. The van der Waals surface area contributed by atoms with Gasteiger partial charge in [0, 0.05) is 11.6 Å². The Balaban J connectivity index is 1.95. The highest BCUT2D eigenvalue weighted by Crippen LogP contribution is 2.23. The van der Waals surface area contributed by atoms with Crippen molar-refractivity contribution < 1.29 is 9.59 Å². The van der Waals surface area contributed by atoms with Gasteiger partial charge in [-0.25, -0.2) is 9.78 Å². The monoisotopic (exact) mass is 361 g/mol. The molecule has 0 bridgehead atoms. The van der Waals surface area contributed by atoms with Gasteiger partial charge in [-0.05, 0) is 32.8 Å². The quantitative estimate of drug-likeness (QED) is 0.687. The minimum Gasteiger partial charge on any atom is -0.336 e. The van der Waals surface area contributed by atoms with Crippen molar-refractivity contribution in [1.82, 2.24) is 25.8 Å². The zero-order chi connectivity index (χ0) is 18.4. The molecule has 1 aromatic carbocycles. The zero-order valence-electron chi connectivity index (χ0n) is 14.8. The minimum absolute atomic E-state index is 0.0366. The zero-order valence-corrected chi connectivity index (χ0v) is 15.6. The highest BCUT2D eigenvalue weighted by Gasteiger charge is 2.19. The highest BCUT2D eigenvalue weighted by molar-refractivity contribution is 8.00. The van der Waals surface area contributed by atoms with Crippen LogP contribution in [0.3, 0.4) is 0 Å². The van der Waals surface area contributed by atoms with E-state index in [2.05, 4.69) is 32.7 Å². The SMILES string of the molecule is CCc1ccc(-c2nc(S[C@@H](C)C(=O)NC(=O)NC(C)C)n[nH]2)cc1. The van der Waals surface area contributed by atoms with E-state index in [0.29, 0.717) is 11.0 Å². The average Bonchev–Trinajstić information content (AvgIpc) is 3.02. The molecule has 0 saturated heterocycles. The molecular weight excluding hydrogens is 338 g/mol. The number of aromatic amines is 1. The standard InChI is InChI=1S/C17H23N5O2S/c1-5-12-6-8-13(9-7-12)14-19-17(22-21-14)25-11(4)15(23)20-16(24)18-10(2)3/h6-11H,5H2,1-4H3,(H,19,21,22)(H2,18,20,23,24)/t11-/m0/s1. The van der Waals surface area contributed by atoms with Crippen LogP contribution in [0.2, 0.25) is 0 Å². The summed E-state index contributed by atoms with van der Waals surface area (Å²) in [6, 6.07) is 7.53. The number of hydrogen-bond donors (Lipinski definition) is 3. The van der Waals surface area contributed by atoms with Crippen LogP contribution in [0.4, 0.5) is 4.79 Å². The van der Waals surface area contributed by atoms with Gasteiger partial charge in [-0.2, -0.15) is 0 Å². The molecule has 25 heavy (non-hydrogen) atoms. The number of carbonyl (C=O) groups excluding carboxylic acids is 2. The summed E-state index contributed by atoms with van der Waals surface area (Å²) in [6.07, 6.45) is 0.981. The fraction of sp³-hybridized carbons (Fsp3) is 0.412. The number of urea groups is 1. The summed E-state index contributed by atoms with van der Waals surface area (Å²) in [5.74, 6) is 0.261. The van der Waals surface area contributed by atoms with Gasteiger partial charge < -0.3 is 5.32 Å². The molecule has 1 aromatic heterocycles. The maximum absolute atomic E-state index is 12.0. The molecule has 0 fully saturated rings. The van der Waals surface area contributed by atoms with Crippen LogP contribution in [-0.2, 0) is 11.2 Å². The highest BCUT2D eigenvalue weighted by atomic mass is 32.2. The molecule has 1 heterocycles. The molecule has 0 saturated carbocycles. The lowest BCUT2D eigenvalue weighted by atomic mass is 10.1. The molecule has 0 unspecified atom stereocenters. The maximum atomic E-state index is 12.0. The van der Waals surface area contributed by atoms with E-state index in [-0.39, 0.29) is 11.9 Å². The normalized spacial score (nSPS) is 12.0. The Morgan fingerprint density at radius 2 is 1.88 bits per heavy atom. The summed E-state index contributed by atoms with van der Waals surface area (Å²) >= 11 is 1.19. The Morgan fingerprint density at radius 1 is 1.20 bits per heavy atom. The Morgan fingerprint density at radius 3 is 2.48 bits per heavy atom. The molecule has 0 radical (unpaired) electrons. The first-order valence-electron chi connectivity index (χ1n) is 8.18. The Hall–Kier alpha value is -2.35. The molecular formula is C17H23N5O2S. The fourth-order valence-electron chi connectivity index (χ4n) is 2.05. The van der Waals surface area contributed by atoms with Crippen molar-refractivity contribution in [2.24, 2.45) is 0 Å².